The van der Waals surface area contributed by atoms with Crippen LogP contribution in [-0.4, -0.2) is 35.0 Å². The Labute approximate surface area is 221 Å². The molecule has 36 heavy (non-hydrogen) atoms. The molecule has 0 aliphatic rings. The highest BCUT2D eigenvalue weighted by Gasteiger charge is 2.30. The molecule has 3 aromatic carbocycles. The quantitative estimate of drug-likeness (QED) is 0.387. The Balaban J connectivity index is 1.80. The van der Waals surface area contributed by atoms with Crippen molar-refractivity contribution < 1.29 is 21.6 Å². The van der Waals surface area contributed by atoms with E-state index in [9.17, 15) is 21.6 Å². The second kappa shape index (κ2) is 10.7. The van der Waals surface area contributed by atoms with Gasteiger partial charge in [-0.15, -0.1) is 0 Å². The van der Waals surface area contributed by atoms with Crippen molar-refractivity contribution in [3.05, 3.63) is 81.8 Å². The van der Waals surface area contributed by atoms with Gasteiger partial charge in [0.05, 0.1) is 27.5 Å². The van der Waals surface area contributed by atoms with Gasteiger partial charge in [0.1, 0.15) is 6.04 Å². The molecule has 0 aliphatic heterocycles. The number of halogens is 2. The number of carbonyl (C=O) groups excluding carboxylic acids is 1. The molecule has 192 valence electrons. The van der Waals surface area contributed by atoms with E-state index in [0.29, 0.717) is 22.0 Å². The monoisotopic (exact) mass is 569 g/mol. The van der Waals surface area contributed by atoms with Crippen LogP contribution in [0.25, 0.3) is 0 Å². The van der Waals surface area contributed by atoms with Crippen molar-refractivity contribution in [2.24, 2.45) is 0 Å². The summed E-state index contributed by atoms with van der Waals surface area (Å²) in [7, 11) is -7.76. The number of nitrogens with one attached hydrogen (secondary N) is 2. The summed E-state index contributed by atoms with van der Waals surface area (Å²) in [6.45, 7) is 5.08. The molecular formula is C24H25Cl2N3O5S2. The third-order valence-corrected chi connectivity index (χ3v) is 8.45. The normalized spacial score (nSPS) is 12.6. The van der Waals surface area contributed by atoms with Crippen molar-refractivity contribution in [1.82, 2.24) is 0 Å². The Morgan fingerprint density at radius 1 is 0.917 bits per heavy atom. The molecular weight excluding hydrogens is 545 g/mol. The van der Waals surface area contributed by atoms with Crippen LogP contribution in [-0.2, 0) is 24.8 Å². The van der Waals surface area contributed by atoms with Crippen molar-refractivity contribution >= 4 is 66.2 Å². The molecule has 0 saturated carbocycles. The van der Waals surface area contributed by atoms with Crippen molar-refractivity contribution in [2.45, 2.75) is 31.7 Å². The standard InChI is InChI=1S/C24H25Cl2N3O5S2/c1-15-5-6-16(2)23(13-15)29(35(4,31)32)17(3)24(30)27-19-8-10-20(11-9-19)36(33,34)28-22-12-7-18(25)14-21(22)26/h5-14,17,28H,1-4H3,(H,27,30)/t17-/m1/s1. The molecule has 1 atom stereocenters. The molecule has 2 N–H and O–H groups in total. The first kappa shape index (κ1) is 27.8. The lowest BCUT2D eigenvalue weighted by Gasteiger charge is -2.29. The van der Waals surface area contributed by atoms with Crippen LogP contribution in [0.2, 0.25) is 10.0 Å². The summed E-state index contributed by atoms with van der Waals surface area (Å²) in [4.78, 5) is 12.9. The first-order valence-electron chi connectivity index (χ1n) is 10.6. The minimum atomic E-state index is -3.97. The number of benzene rings is 3. The molecule has 3 rings (SSSR count). The molecule has 8 nitrogen and oxygen atoms in total. The Morgan fingerprint density at radius 3 is 2.14 bits per heavy atom. The SMILES string of the molecule is Cc1ccc(C)c(N([C@H](C)C(=O)Nc2ccc(S(=O)(=O)Nc3ccc(Cl)cc3Cl)cc2)S(C)(=O)=O)c1. The maximum absolute atomic E-state index is 13.0. The molecule has 0 unspecified atom stereocenters. The lowest BCUT2D eigenvalue weighted by molar-refractivity contribution is -0.116. The summed E-state index contributed by atoms with van der Waals surface area (Å²) in [6.07, 6.45) is 1.04. The van der Waals surface area contributed by atoms with E-state index in [-0.39, 0.29) is 15.6 Å². The number of aryl methyl sites for hydroxylation is 2. The highest BCUT2D eigenvalue weighted by Crippen LogP contribution is 2.29. The minimum absolute atomic E-state index is 0.0623. The van der Waals surface area contributed by atoms with Crippen molar-refractivity contribution in [3.8, 4) is 0 Å². The summed E-state index contributed by atoms with van der Waals surface area (Å²) < 4.78 is 54.1. The number of sulfonamides is 2. The zero-order valence-corrected chi connectivity index (χ0v) is 23.1. The lowest BCUT2D eigenvalue weighted by atomic mass is 10.1. The number of anilines is 3. The zero-order valence-electron chi connectivity index (χ0n) is 19.9. The number of amides is 1. The van der Waals surface area contributed by atoms with E-state index in [0.717, 1.165) is 16.1 Å². The average molecular weight is 571 g/mol. The first-order valence-corrected chi connectivity index (χ1v) is 14.7. The number of rotatable bonds is 8. The van der Waals surface area contributed by atoms with Gasteiger partial charge in [0.2, 0.25) is 15.9 Å². The second-order valence-corrected chi connectivity index (χ2v) is 12.7. The third-order valence-electron chi connectivity index (χ3n) is 5.30. The summed E-state index contributed by atoms with van der Waals surface area (Å²) in [5.74, 6) is -0.581. The van der Waals surface area contributed by atoms with Crippen LogP contribution in [0.4, 0.5) is 17.1 Å². The van der Waals surface area contributed by atoms with E-state index in [1.165, 1.54) is 49.4 Å². The van der Waals surface area contributed by atoms with Crippen LogP contribution in [0.3, 0.4) is 0 Å². The van der Waals surface area contributed by atoms with Gasteiger partial charge in [-0.25, -0.2) is 16.8 Å². The number of nitrogens with zero attached hydrogens (tertiary/aromatic N) is 1. The fraction of sp³-hybridized carbons (Fsp3) is 0.208. The van der Waals surface area contributed by atoms with Gasteiger partial charge in [0.25, 0.3) is 10.0 Å². The van der Waals surface area contributed by atoms with Crippen molar-refractivity contribution in [2.75, 3.05) is 20.6 Å². The van der Waals surface area contributed by atoms with Crippen LogP contribution < -0.4 is 14.3 Å². The van der Waals surface area contributed by atoms with Crippen LogP contribution in [0.5, 0.6) is 0 Å². The second-order valence-electron chi connectivity index (χ2n) is 8.27. The van der Waals surface area contributed by atoms with Gasteiger partial charge in [-0.05, 0) is 80.4 Å². The van der Waals surface area contributed by atoms with Gasteiger partial charge >= 0.3 is 0 Å². The van der Waals surface area contributed by atoms with E-state index in [2.05, 4.69) is 10.0 Å². The van der Waals surface area contributed by atoms with Crippen molar-refractivity contribution in [3.63, 3.8) is 0 Å². The Morgan fingerprint density at radius 2 is 1.56 bits per heavy atom. The molecule has 0 aromatic heterocycles. The maximum atomic E-state index is 13.0. The molecule has 0 aliphatic carbocycles. The smallest absolute Gasteiger partial charge is 0.261 e. The predicted octanol–water partition coefficient (Wildman–Crippen LogP) is 5.20. The summed E-state index contributed by atoms with van der Waals surface area (Å²) >= 11 is 11.9. The molecule has 3 aromatic rings. The molecule has 1 amide bonds. The predicted molar refractivity (Wildman–Crippen MR) is 145 cm³/mol. The topological polar surface area (TPSA) is 113 Å². The summed E-state index contributed by atoms with van der Waals surface area (Å²) in [6, 6.07) is 14.1. The molecule has 0 spiro atoms. The zero-order chi connectivity index (χ0) is 26.8. The van der Waals surface area contributed by atoms with Gasteiger partial charge in [-0.1, -0.05) is 35.3 Å². The number of hydrogen-bond donors (Lipinski definition) is 2. The van der Waals surface area contributed by atoms with Crippen molar-refractivity contribution in [1.29, 1.82) is 0 Å². The molecule has 0 heterocycles. The van der Waals surface area contributed by atoms with Gasteiger partial charge in [-0.3, -0.25) is 13.8 Å². The third kappa shape index (κ3) is 6.50. The molecule has 0 radical (unpaired) electrons. The molecule has 0 bridgehead atoms. The van der Waals surface area contributed by atoms with Crippen LogP contribution in [0.1, 0.15) is 18.1 Å². The van der Waals surface area contributed by atoms with Gasteiger partial charge in [-0.2, -0.15) is 0 Å². The summed E-state index contributed by atoms with van der Waals surface area (Å²) in [5.41, 5.74) is 2.42. The van der Waals surface area contributed by atoms with Crippen LogP contribution >= 0.6 is 23.2 Å². The Kier molecular flexibility index (Phi) is 8.24. The fourth-order valence-corrected chi connectivity index (χ4v) is 6.29. The Bertz CT molecular complexity index is 1510. The molecule has 12 heteroatoms. The largest absolute Gasteiger partial charge is 0.324 e. The van der Waals surface area contributed by atoms with E-state index < -0.39 is 32.0 Å². The van der Waals surface area contributed by atoms with Gasteiger partial charge < -0.3 is 5.32 Å². The first-order chi connectivity index (χ1) is 16.7. The van der Waals surface area contributed by atoms with Gasteiger partial charge in [0.15, 0.2) is 0 Å². The maximum Gasteiger partial charge on any atom is 0.261 e. The van der Waals surface area contributed by atoms with E-state index in [1.54, 1.807) is 19.1 Å². The highest BCUT2D eigenvalue weighted by molar-refractivity contribution is 7.92. The highest BCUT2D eigenvalue weighted by atomic mass is 35.5. The number of hydrogen-bond acceptors (Lipinski definition) is 5. The van der Waals surface area contributed by atoms with Crippen LogP contribution in [0, 0.1) is 13.8 Å². The lowest BCUT2D eigenvalue weighted by Crippen LogP contribution is -2.45. The fourth-order valence-electron chi connectivity index (χ4n) is 3.48. The summed E-state index contributed by atoms with van der Waals surface area (Å²) in [5, 5.41) is 3.15. The minimum Gasteiger partial charge on any atom is -0.324 e. The van der Waals surface area contributed by atoms with E-state index >= 15 is 0 Å². The Hall–Kier alpha value is -2.79. The van der Waals surface area contributed by atoms with Gasteiger partial charge in [0, 0.05) is 10.7 Å². The average Bonchev–Trinajstić information content (AvgIpc) is 2.77. The molecule has 0 saturated heterocycles. The molecule has 0 fully saturated rings. The van der Waals surface area contributed by atoms with Crippen LogP contribution in [0.15, 0.2) is 65.6 Å². The number of carbonyl (C=O) groups is 1. The van der Waals surface area contributed by atoms with E-state index in [1.807, 2.05) is 13.0 Å². The van der Waals surface area contributed by atoms with E-state index in [4.69, 9.17) is 23.2 Å².